The van der Waals surface area contributed by atoms with Gasteiger partial charge in [0.15, 0.2) is 37.4 Å². The number of carbonyl (C=O) groups excluding carboxylic acids is 7. The molecule has 4 aliphatic carbocycles. The van der Waals surface area contributed by atoms with Gasteiger partial charge in [0, 0.05) is 48.3 Å². The maximum Gasteiger partial charge on any atom is 0.338 e. The molecule has 0 spiro atoms. The van der Waals surface area contributed by atoms with Gasteiger partial charge < -0.3 is 61.6 Å². The highest BCUT2D eigenvalue weighted by Gasteiger charge is 2.65. The summed E-state index contributed by atoms with van der Waals surface area (Å²) in [6, 6.07) is 43.3. The Morgan fingerprint density at radius 1 is 0.447 bits per heavy atom. The van der Waals surface area contributed by atoms with Crippen LogP contribution in [-0.4, -0.2) is 147 Å². The van der Waals surface area contributed by atoms with Crippen LogP contribution in [0.3, 0.4) is 0 Å². The summed E-state index contributed by atoms with van der Waals surface area (Å²) in [6.07, 6.45) is -3.92. The van der Waals surface area contributed by atoms with E-state index in [-0.39, 0.29) is 107 Å². The van der Waals surface area contributed by atoms with Crippen molar-refractivity contribution >= 4 is 41.4 Å². The first-order valence-electron chi connectivity index (χ1n) is 42.3. The lowest BCUT2D eigenvalue weighted by atomic mass is 9.44. The van der Waals surface area contributed by atoms with Crippen molar-refractivity contribution in [2.75, 3.05) is 13.2 Å². The molecular formula is C94H120O20. The van der Waals surface area contributed by atoms with Gasteiger partial charge in [0.1, 0.15) is 42.6 Å². The summed E-state index contributed by atoms with van der Waals surface area (Å²) in [7, 11) is 0. The Morgan fingerprint density at radius 3 is 1.46 bits per heavy atom. The summed E-state index contributed by atoms with van der Waals surface area (Å²) in [4.78, 5) is 99.5. The third-order valence-corrected chi connectivity index (χ3v) is 28.3. The molecule has 8 aliphatic rings. The number of esters is 5. The molecule has 4 saturated carbocycles. The molecule has 20 heteroatoms. The fourth-order valence-corrected chi connectivity index (χ4v) is 20.9. The minimum atomic E-state index is -1.35. The standard InChI is InChI=1S/C94H120O20/c1-14-74-55(5)54(4)56(6)89(106-74)114-81-60(10)78(113-92-83(112-88(101)66-39-29-20-30-40-66)79(57(7)61(11)104-92)109-85(98)63-33-23-17-24-34-63)76(52-102-84(97)62-31-21-16-22-32-62)108-91(81)105-68-45-47-93(12)67(49-68)42-43-69-70(93)46-48-94(13)71(69)50-73(96)77(94)58(8)72(95)44-41-53(3)51-103-90-82(111-87(100)65-37-27-19-28-38-65)80(59(9)75(15-2)107-90)110-86(99)64-35-25-18-26-36-64/h16-40,53-61,67-71,74-83,89-92H,14-15,41-52H2,1-13H3/t53-,54-,55+,56?,57-,58+,59-,60-,61?,67?,68?,69?,70?,71?,74?,75?,76?,77?,78+,79+,80-,81?,82?,83?,89-,90+,91+,92-,93?,94?/m0/s1. The van der Waals surface area contributed by atoms with E-state index < -0.39 is 128 Å². The van der Waals surface area contributed by atoms with Crippen LogP contribution in [0.2, 0.25) is 0 Å². The Bertz CT molecular complexity index is 4050. The number of benzene rings is 5. The summed E-state index contributed by atoms with van der Waals surface area (Å²) < 4.78 is 87.8. The second-order valence-corrected chi connectivity index (χ2v) is 35.0. The van der Waals surface area contributed by atoms with Gasteiger partial charge in [0.05, 0.1) is 64.9 Å². The maximum absolute atomic E-state index is 14.8. The van der Waals surface area contributed by atoms with Gasteiger partial charge in [-0.1, -0.05) is 174 Å². The molecule has 4 heterocycles. The lowest BCUT2D eigenvalue weighted by molar-refractivity contribution is -0.374. The van der Waals surface area contributed by atoms with Gasteiger partial charge in [0.25, 0.3) is 0 Å². The van der Waals surface area contributed by atoms with E-state index in [1.165, 1.54) is 0 Å². The van der Waals surface area contributed by atoms with E-state index in [9.17, 15) is 33.6 Å². The van der Waals surface area contributed by atoms with Crippen molar-refractivity contribution in [3.8, 4) is 0 Å². The number of rotatable bonds is 27. The number of carbonyl (C=O) groups is 7. The van der Waals surface area contributed by atoms with Gasteiger partial charge in [-0.25, -0.2) is 24.0 Å². The number of ether oxygens (including phenoxy) is 13. The van der Waals surface area contributed by atoms with Crippen molar-refractivity contribution in [3.63, 3.8) is 0 Å². The maximum atomic E-state index is 14.8. The SMILES string of the molecule is CCC1O[C@@H](OC2[C@H](OC3CCC4(C)C(CCC5C4CCC4(C)C5CC(=O)C4[C@H](C)C(=O)CC[C@H](C)CO[C@@H]4OC(CC)[C@H](C)[C@H](OC(=O)c5ccccc5)C4OC(=O)c4ccccc4)C3)OC(COC(=O)c3ccccc3)[C@H](O[C@@H]3OC(C)[C@H](C)[C@@H](OC(=O)c4ccccc4)C3OC(=O)c3ccccc3)[C@@H]2C)C(C)[C@@H](C)[C@H]1C. The van der Waals surface area contributed by atoms with Gasteiger partial charge in [0.2, 0.25) is 0 Å². The molecule has 0 bridgehead atoms. The van der Waals surface area contributed by atoms with Crippen LogP contribution in [0.1, 0.15) is 219 Å². The average Bonchev–Trinajstić information content (AvgIpc) is 1.49. The molecule has 616 valence electrons. The van der Waals surface area contributed by atoms with E-state index in [2.05, 4.69) is 41.5 Å². The van der Waals surface area contributed by atoms with Crippen molar-refractivity contribution in [3.05, 3.63) is 179 Å². The topological polar surface area (TPSA) is 239 Å². The first-order valence-corrected chi connectivity index (χ1v) is 42.3. The first kappa shape index (κ1) is 84.4. The molecule has 16 unspecified atom stereocenters. The largest absolute Gasteiger partial charge is 0.459 e. The van der Waals surface area contributed by atoms with Crippen LogP contribution in [-0.2, 0) is 71.2 Å². The normalized spacial score (nSPS) is 37.1. The number of ketones is 2. The molecule has 30 atom stereocenters. The fraction of sp³-hybridized carbons (Fsp3) is 0.606. The molecule has 8 fully saturated rings. The Labute approximate surface area is 673 Å². The van der Waals surface area contributed by atoms with Gasteiger partial charge >= 0.3 is 29.8 Å². The monoisotopic (exact) mass is 1570 g/mol. The summed E-state index contributed by atoms with van der Waals surface area (Å²) in [5.41, 5.74) is 1.23. The highest BCUT2D eigenvalue weighted by molar-refractivity contribution is 5.93. The van der Waals surface area contributed by atoms with E-state index in [1.54, 1.807) is 127 Å². The zero-order chi connectivity index (χ0) is 80.9. The van der Waals surface area contributed by atoms with Gasteiger partial charge in [-0.05, 0) is 184 Å². The van der Waals surface area contributed by atoms with Crippen LogP contribution >= 0.6 is 0 Å². The third kappa shape index (κ3) is 18.1. The summed E-state index contributed by atoms with van der Waals surface area (Å²) in [6.45, 7) is 27.1. The van der Waals surface area contributed by atoms with E-state index in [0.29, 0.717) is 53.4 Å². The van der Waals surface area contributed by atoms with Crippen LogP contribution in [0.15, 0.2) is 152 Å². The summed E-state index contributed by atoms with van der Waals surface area (Å²) in [5.74, 6) is -3.66. The Balaban J connectivity index is 0.698. The molecule has 0 N–H and O–H groups in total. The molecule has 4 saturated heterocycles. The third-order valence-electron chi connectivity index (χ3n) is 28.3. The number of hydrogen-bond donors (Lipinski definition) is 0. The molecule has 0 aromatic heterocycles. The summed E-state index contributed by atoms with van der Waals surface area (Å²) in [5, 5.41) is 0. The second kappa shape index (κ2) is 37.0. The van der Waals surface area contributed by atoms with Crippen molar-refractivity contribution < 1.29 is 95.1 Å². The van der Waals surface area contributed by atoms with Crippen molar-refractivity contribution in [1.82, 2.24) is 0 Å². The predicted octanol–water partition coefficient (Wildman–Crippen LogP) is 16.9. The quantitative estimate of drug-likeness (QED) is 0.0270. The summed E-state index contributed by atoms with van der Waals surface area (Å²) >= 11 is 0. The van der Waals surface area contributed by atoms with E-state index in [0.717, 1.165) is 51.4 Å². The molecule has 0 amide bonds. The van der Waals surface area contributed by atoms with Gasteiger partial charge in [-0.2, -0.15) is 0 Å². The Hall–Kier alpha value is -7.53. The number of hydrogen-bond acceptors (Lipinski definition) is 20. The molecule has 5 aromatic carbocycles. The van der Waals surface area contributed by atoms with Crippen molar-refractivity contribution in [2.24, 2.45) is 87.8 Å². The zero-order valence-electron chi connectivity index (χ0n) is 68.7. The van der Waals surface area contributed by atoms with Gasteiger partial charge in [-0.15, -0.1) is 0 Å². The molecule has 0 radical (unpaired) electrons. The molecule has 4 aliphatic heterocycles. The van der Waals surface area contributed by atoms with Crippen LogP contribution in [0.4, 0.5) is 0 Å². The van der Waals surface area contributed by atoms with Crippen molar-refractivity contribution in [1.29, 1.82) is 0 Å². The van der Waals surface area contributed by atoms with Crippen LogP contribution in [0.25, 0.3) is 0 Å². The average molecular weight is 1570 g/mol. The van der Waals surface area contributed by atoms with Crippen LogP contribution < -0.4 is 0 Å². The highest BCUT2D eigenvalue weighted by Crippen LogP contribution is 2.68. The smallest absolute Gasteiger partial charge is 0.338 e. The van der Waals surface area contributed by atoms with Gasteiger partial charge in [-0.3, -0.25) is 9.59 Å². The minimum Gasteiger partial charge on any atom is -0.459 e. The van der Waals surface area contributed by atoms with E-state index >= 15 is 0 Å². The molecule has 20 nitrogen and oxygen atoms in total. The van der Waals surface area contributed by atoms with Crippen molar-refractivity contribution in [2.45, 2.75) is 259 Å². The highest BCUT2D eigenvalue weighted by atomic mass is 16.8. The molecule has 13 rings (SSSR count). The minimum absolute atomic E-state index is 0.0429. The molecule has 5 aromatic rings. The first-order chi connectivity index (χ1) is 54.8. The Kier molecular flexibility index (Phi) is 27.4. The Morgan fingerprint density at radius 2 is 0.912 bits per heavy atom. The molecular weight excluding hydrogens is 1450 g/mol. The molecule has 114 heavy (non-hydrogen) atoms. The second-order valence-electron chi connectivity index (χ2n) is 35.0. The number of fused-ring (bicyclic) bond motifs is 5. The lowest BCUT2D eigenvalue weighted by Crippen LogP contribution is -2.63. The zero-order valence-corrected chi connectivity index (χ0v) is 68.7. The van der Waals surface area contributed by atoms with E-state index in [1.807, 2.05) is 72.7 Å². The van der Waals surface area contributed by atoms with E-state index in [4.69, 9.17) is 61.6 Å². The number of Topliss-reactive ketones (excluding diaryl/α,β-unsaturated/α-hetero) is 2. The fourth-order valence-electron chi connectivity index (χ4n) is 20.9. The predicted molar refractivity (Wildman–Crippen MR) is 424 cm³/mol. The lowest BCUT2D eigenvalue weighted by Gasteiger charge is -2.61. The van der Waals surface area contributed by atoms with Crippen LogP contribution in [0.5, 0.6) is 0 Å². The van der Waals surface area contributed by atoms with Crippen LogP contribution in [0, 0.1) is 87.8 Å².